The number of hydrogen-bond donors (Lipinski definition) is 5. The molecule has 0 aromatic heterocycles. The molecule has 5 N–H and O–H groups in total. The Hall–Kier alpha value is -2.04. The number of allylic oxidation sites excluding steroid dienone is 1. The van der Waals surface area contributed by atoms with Crippen LogP contribution in [0, 0.1) is 11.7 Å². The number of nitrogens with zero attached hydrogens (tertiary/aromatic N) is 2. The number of aliphatic hydroxyl groups is 1. The lowest BCUT2D eigenvalue weighted by Crippen LogP contribution is -2.69. The predicted molar refractivity (Wildman–Crippen MR) is 119 cm³/mol. The zero-order valence-electron chi connectivity index (χ0n) is 18.4. The smallest absolute Gasteiger partial charge is 0.244 e. The van der Waals surface area contributed by atoms with Gasteiger partial charge in [-0.1, -0.05) is 12.2 Å². The van der Waals surface area contributed by atoms with E-state index in [1.54, 1.807) is 12.1 Å². The average Bonchev–Trinajstić information content (AvgIpc) is 3.05. The van der Waals surface area contributed by atoms with Gasteiger partial charge in [0.2, 0.25) is 5.91 Å². The molecule has 3 fully saturated rings. The van der Waals surface area contributed by atoms with E-state index in [0.717, 1.165) is 31.4 Å². The summed E-state index contributed by atoms with van der Waals surface area (Å²) in [5.74, 6) is -0.377. The summed E-state index contributed by atoms with van der Waals surface area (Å²) in [6.07, 6.45) is 7.94. The number of hydrogen-bond acceptors (Lipinski definition) is 7. The molecule has 1 aromatic rings. The molecule has 0 saturated carbocycles. The summed E-state index contributed by atoms with van der Waals surface area (Å²) in [6.45, 7) is 2.98. The van der Waals surface area contributed by atoms with Crippen molar-refractivity contribution in [3.8, 4) is 0 Å². The number of anilines is 1. The number of rotatable bonds is 2. The molecule has 5 rings (SSSR count). The van der Waals surface area contributed by atoms with Crippen LogP contribution in [0.1, 0.15) is 39.0 Å². The van der Waals surface area contributed by atoms with Crippen LogP contribution in [0.3, 0.4) is 0 Å². The van der Waals surface area contributed by atoms with Crippen LogP contribution in [-0.2, 0) is 4.79 Å². The molecule has 4 aliphatic heterocycles. The summed E-state index contributed by atoms with van der Waals surface area (Å²) < 4.78 is 13.3. The maximum atomic E-state index is 13.3. The Labute approximate surface area is 188 Å². The van der Waals surface area contributed by atoms with Crippen molar-refractivity contribution >= 4 is 11.6 Å². The Morgan fingerprint density at radius 3 is 2.81 bits per heavy atom. The summed E-state index contributed by atoms with van der Waals surface area (Å²) in [5, 5.41) is 29.0. The van der Waals surface area contributed by atoms with Gasteiger partial charge in [-0.25, -0.2) is 4.39 Å². The minimum Gasteiger partial charge on any atom is -0.389 e. The van der Waals surface area contributed by atoms with Crippen molar-refractivity contribution in [2.24, 2.45) is 5.92 Å². The number of benzene rings is 1. The lowest BCUT2D eigenvalue weighted by atomic mass is 9.85. The van der Waals surface area contributed by atoms with Gasteiger partial charge in [-0.3, -0.25) is 25.8 Å². The molecule has 4 aliphatic rings. The lowest BCUT2D eigenvalue weighted by molar-refractivity contribution is -0.146. The third-order valence-electron chi connectivity index (χ3n) is 7.25. The minimum atomic E-state index is -0.796. The molecule has 3 saturated heterocycles. The molecule has 8 nitrogen and oxygen atoms in total. The van der Waals surface area contributed by atoms with E-state index in [9.17, 15) is 14.3 Å². The topological polar surface area (TPSA) is 91.9 Å². The van der Waals surface area contributed by atoms with Gasteiger partial charge >= 0.3 is 0 Å². The van der Waals surface area contributed by atoms with Gasteiger partial charge < -0.3 is 10.4 Å². The van der Waals surface area contributed by atoms with Crippen molar-refractivity contribution in [1.29, 1.82) is 0 Å². The summed E-state index contributed by atoms with van der Waals surface area (Å²) >= 11 is 0. The first-order chi connectivity index (χ1) is 15.4. The second-order valence-corrected chi connectivity index (χ2v) is 9.54. The molecule has 4 heterocycles. The molecule has 9 heteroatoms. The highest BCUT2D eigenvalue weighted by atomic mass is 19.1. The quantitative estimate of drug-likeness (QED) is 0.439. The lowest BCUT2D eigenvalue weighted by Gasteiger charge is -2.47. The monoisotopic (exact) mass is 444 g/mol. The van der Waals surface area contributed by atoms with Gasteiger partial charge in [0, 0.05) is 18.3 Å². The summed E-state index contributed by atoms with van der Waals surface area (Å²) in [4.78, 5) is 13.3. The highest BCUT2D eigenvalue weighted by Crippen LogP contribution is 2.34. The van der Waals surface area contributed by atoms with Crippen molar-refractivity contribution in [3.05, 3.63) is 42.2 Å². The van der Waals surface area contributed by atoms with Crippen molar-refractivity contribution in [1.82, 2.24) is 26.0 Å². The van der Waals surface area contributed by atoms with Gasteiger partial charge in [0.25, 0.3) is 0 Å². The zero-order chi connectivity index (χ0) is 22.3. The number of amides is 1. The van der Waals surface area contributed by atoms with E-state index in [0.29, 0.717) is 19.5 Å². The Kier molecular flexibility index (Phi) is 5.94. The van der Waals surface area contributed by atoms with E-state index in [2.05, 4.69) is 32.4 Å². The number of piperidine rings is 1. The maximum absolute atomic E-state index is 13.3. The van der Waals surface area contributed by atoms with Crippen molar-refractivity contribution in [2.45, 2.75) is 69.3 Å². The Bertz CT molecular complexity index is 863. The van der Waals surface area contributed by atoms with Gasteiger partial charge in [0.15, 0.2) is 0 Å². The van der Waals surface area contributed by atoms with E-state index >= 15 is 0 Å². The highest BCUT2D eigenvalue weighted by Gasteiger charge is 2.52. The highest BCUT2D eigenvalue weighted by molar-refractivity contribution is 5.82. The van der Waals surface area contributed by atoms with Gasteiger partial charge in [0.1, 0.15) is 12.1 Å². The van der Waals surface area contributed by atoms with Crippen molar-refractivity contribution < 1.29 is 14.3 Å². The molecular weight excluding hydrogens is 411 g/mol. The maximum Gasteiger partial charge on any atom is 0.244 e. The number of hydrazine groups is 1. The van der Waals surface area contributed by atoms with E-state index in [4.69, 9.17) is 0 Å². The molecule has 5 unspecified atom stereocenters. The van der Waals surface area contributed by atoms with Crippen LogP contribution in [0.5, 0.6) is 0 Å². The van der Waals surface area contributed by atoms with E-state index in [-0.39, 0.29) is 42.3 Å². The number of nitrogens with one attached hydrogen (secondary N) is 4. The summed E-state index contributed by atoms with van der Waals surface area (Å²) in [7, 11) is 0. The normalized spacial score (nSPS) is 39.0. The molecule has 1 amide bonds. The fourth-order valence-electron chi connectivity index (χ4n) is 5.45. The minimum absolute atomic E-state index is 0.0152. The molecule has 0 spiro atoms. The second-order valence-electron chi connectivity index (χ2n) is 9.54. The summed E-state index contributed by atoms with van der Waals surface area (Å²) in [5.41, 5.74) is -0.00136. The fourth-order valence-corrected chi connectivity index (χ4v) is 5.45. The van der Waals surface area contributed by atoms with Crippen LogP contribution in [0.25, 0.3) is 0 Å². The molecule has 2 bridgehead atoms. The number of fused-ring (bicyclic) bond motifs is 6. The van der Waals surface area contributed by atoms with Gasteiger partial charge in [-0.05, 0) is 63.3 Å². The Morgan fingerprint density at radius 2 is 2.00 bits per heavy atom. The molecule has 6 atom stereocenters. The van der Waals surface area contributed by atoms with Crippen LogP contribution >= 0.6 is 0 Å². The zero-order valence-corrected chi connectivity index (χ0v) is 18.4. The SMILES string of the molecule is C[C@@]1(O)CC/C=C\CN2C(=O)C3CNC(Nc4ccc(F)cc4)NC3N2C2CCCC1N2. The molecule has 0 radical (unpaired) electrons. The van der Waals surface area contributed by atoms with E-state index < -0.39 is 5.60 Å². The number of carbonyl (C=O) groups excluding carboxylic acids is 1. The number of halogens is 1. The van der Waals surface area contributed by atoms with Crippen LogP contribution in [-0.4, -0.2) is 64.4 Å². The van der Waals surface area contributed by atoms with Crippen LogP contribution in [0.15, 0.2) is 36.4 Å². The summed E-state index contributed by atoms with van der Waals surface area (Å²) in [6, 6.07) is 6.23. The average molecular weight is 445 g/mol. The van der Waals surface area contributed by atoms with Gasteiger partial charge in [0.05, 0.1) is 30.4 Å². The number of carbonyl (C=O) groups is 1. The fraction of sp³-hybridized carbons (Fsp3) is 0.609. The standard InChI is InChI=1S/C23H33FN6O2/c1-23(32)12-3-2-4-13-29-21(31)17-14-25-22(26-16-10-8-15(24)9-11-16)28-20(17)30(29)19-7-5-6-18(23)27-19/h2,4,8-11,17-20,22,25-28,32H,3,5-7,12-14H2,1H3/b4-2-/t17?,18?,19?,20?,22?,23-/m1/s1. The molecular formula is C23H33FN6O2. The molecule has 0 aliphatic carbocycles. The Morgan fingerprint density at radius 1 is 1.19 bits per heavy atom. The molecule has 174 valence electrons. The van der Waals surface area contributed by atoms with E-state index in [1.165, 1.54) is 12.1 Å². The van der Waals surface area contributed by atoms with Crippen molar-refractivity contribution in [3.63, 3.8) is 0 Å². The first-order valence-electron chi connectivity index (χ1n) is 11.7. The van der Waals surface area contributed by atoms with Crippen molar-refractivity contribution in [2.75, 3.05) is 18.4 Å². The third kappa shape index (κ3) is 4.15. The van der Waals surface area contributed by atoms with Crippen LogP contribution in [0.2, 0.25) is 0 Å². The van der Waals surface area contributed by atoms with E-state index in [1.807, 2.05) is 18.0 Å². The Balaban J connectivity index is 1.39. The molecule has 32 heavy (non-hydrogen) atoms. The second kappa shape index (κ2) is 8.72. The van der Waals surface area contributed by atoms with Crippen LogP contribution < -0.4 is 21.3 Å². The predicted octanol–water partition coefficient (Wildman–Crippen LogP) is 1.28. The first kappa shape index (κ1) is 21.8. The van der Waals surface area contributed by atoms with Gasteiger partial charge in [-0.15, -0.1) is 0 Å². The third-order valence-corrected chi connectivity index (χ3v) is 7.25. The first-order valence-corrected chi connectivity index (χ1v) is 11.7. The largest absolute Gasteiger partial charge is 0.389 e. The molecule has 1 aromatic carbocycles. The van der Waals surface area contributed by atoms with Crippen LogP contribution in [0.4, 0.5) is 10.1 Å². The van der Waals surface area contributed by atoms with Gasteiger partial charge in [-0.2, -0.15) is 5.01 Å².